The number of nitrogens with zero attached hydrogens (tertiary/aromatic N) is 1. The molecular formula is C22H32IN3O4. The Morgan fingerprint density at radius 1 is 1.03 bits per heavy atom. The zero-order valence-electron chi connectivity index (χ0n) is 17.9. The van der Waals surface area contributed by atoms with E-state index in [1.807, 2.05) is 62.4 Å². The van der Waals surface area contributed by atoms with Crippen molar-refractivity contribution in [3.05, 3.63) is 54.1 Å². The van der Waals surface area contributed by atoms with Crippen LogP contribution >= 0.6 is 24.0 Å². The molecule has 0 aliphatic heterocycles. The third kappa shape index (κ3) is 8.27. The summed E-state index contributed by atoms with van der Waals surface area (Å²) in [5, 5.41) is 16.9. The highest BCUT2D eigenvalue weighted by molar-refractivity contribution is 14.0. The van der Waals surface area contributed by atoms with Gasteiger partial charge in [0.15, 0.2) is 17.5 Å². The molecule has 3 N–H and O–H groups in total. The van der Waals surface area contributed by atoms with Gasteiger partial charge in [-0.15, -0.1) is 24.0 Å². The lowest BCUT2D eigenvalue weighted by atomic mass is 10.1. The molecular weight excluding hydrogens is 497 g/mol. The van der Waals surface area contributed by atoms with Gasteiger partial charge in [0.1, 0.15) is 11.9 Å². The van der Waals surface area contributed by atoms with Crippen LogP contribution in [0.4, 0.5) is 0 Å². The van der Waals surface area contributed by atoms with E-state index >= 15 is 0 Å². The van der Waals surface area contributed by atoms with Crippen LogP contribution in [0.3, 0.4) is 0 Å². The maximum absolute atomic E-state index is 10.4. The van der Waals surface area contributed by atoms with Crippen LogP contribution in [0.15, 0.2) is 53.5 Å². The van der Waals surface area contributed by atoms with E-state index in [-0.39, 0.29) is 36.6 Å². The van der Waals surface area contributed by atoms with Crippen LogP contribution in [0.2, 0.25) is 0 Å². The Kier molecular flexibility index (Phi) is 12.0. The first-order valence-corrected chi connectivity index (χ1v) is 9.71. The van der Waals surface area contributed by atoms with Crippen molar-refractivity contribution in [1.82, 2.24) is 10.6 Å². The molecule has 0 fully saturated rings. The summed E-state index contributed by atoms with van der Waals surface area (Å²) in [7, 11) is 3.22. The van der Waals surface area contributed by atoms with E-state index in [9.17, 15) is 5.11 Å². The highest BCUT2D eigenvalue weighted by Crippen LogP contribution is 2.26. The zero-order chi connectivity index (χ0) is 21.1. The van der Waals surface area contributed by atoms with E-state index in [4.69, 9.17) is 14.2 Å². The van der Waals surface area contributed by atoms with Crippen LogP contribution in [0.1, 0.15) is 25.5 Å². The average molecular weight is 529 g/mol. The second-order valence-corrected chi connectivity index (χ2v) is 6.47. The number of halogens is 1. The van der Waals surface area contributed by atoms with Crippen LogP contribution in [-0.2, 0) is 0 Å². The predicted octanol–water partition coefficient (Wildman–Crippen LogP) is 3.38. The van der Waals surface area contributed by atoms with Gasteiger partial charge in [-0.2, -0.15) is 0 Å². The molecule has 0 aliphatic carbocycles. The number of aliphatic hydroxyl groups excluding tert-OH is 1. The van der Waals surface area contributed by atoms with Crippen LogP contribution in [0.5, 0.6) is 17.2 Å². The number of ether oxygens (including phenoxy) is 3. The lowest BCUT2D eigenvalue weighted by Crippen LogP contribution is -2.42. The van der Waals surface area contributed by atoms with Gasteiger partial charge in [-0.3, -0.25) is 4.99 Å². The van der Waals surface area contributed by atoms with Crippen molar-refractivity contribution in [1.29, 1.82) is 0 Å². The zero-order valence-corrected chi connectivity index (χ0v) is 20.3. The van der Waals surface area contributed by atoms with Gasteiger partial charge in [-0.1, -0.05) is 24.3 Å². The molecule has 0 aromatic heterocycles. The number of para-hydroxylation sites is 2. The normalized spacial score (nSPS) is 12.9. The van der Waals surface area contributed by atoms with Crippen molar-refractivity contribution in [3.63, 3.8) is 0 Å². The molecule has 2 aromatic rings. The van der Waals surface area contributed by atoms with Gasteiger partial charge in [-0.05, 0) is 43.7 Å². The average Bonchev–Trinajstić information content (AvgIpc) is 2.75. The van der Waals surface area contributed by atoms with Crippen molar-refractivity contribution in [2.45, 2.75) is 26.1 Å². The summed E-state index contributed by atoms with van der Waals surface area (Å²) in [5.74, 6) is 2.71. The first-order valence-electron chi connectivity index (χ1n) is 9.71. The second-order valence-electron chi connectivity index (χ2n) is 6.47. The second kappa shape index (κ2) is 13.9. The van der Waals surface area contributed by atoms with Crippen molar-refractivity contribution in [3.8, 4) is 17.2 Å². The Bertz CT molecular complexity index is 788. The molecule has 0 amide bonds. The molecule has 0 spiro atoms. The van der Waals surface area contributed by atoms with E-state index in [1.165, 1.54) is 0 Å². The third-order valence-electron chi connectivity index (χ3n) is 4.20. The number of aliphatic hydroxyl groups is 1. The standard InChI is InChI=1S/C22H31N3O4.HI/c1-5-23-22(25-15-19(26)17-9-8-10-18(13-17)27-3)24-14-16(2)29-21-12-7-6-11-20(21)28-4;/h6-13,16,19,26H,5,14-15H2,1-4H3,(H2,23,24,25);1H. The van der Waals surface area contributed by atoms with Gasteiger partial charge in [0.05, 0.1) is 33.4 Å². The molecule has 0 radical (unpaired) electrons. The van der Waals surface area contributed by atoms with E-state index in [0.29, 0.717) is 36.3 Å². The highest BCUT2D eigenvalue weighted by atomic mass is 127. The van der Waals surface area contributed by atoms with Gasteiger partial charge >= 0.3 is 0 Å². The van der Waals surface area contributed by atoms with Gasteiger partial charge < -0.3 is 30.0 Å². The first kappa shape index (κ1) is 25.8. The van der Waals surface area contributed by atoms with Crippen LogP contribution in [0, 0.1) is 0 Å². The van der Waals surface area contributed by atoms with Gasteiger partial charge in [0.25, 0.3) is 0 Å². The Morgan fingerprint density at radius 3 is 2.43 bits per heavy atom. The Morgan fingerprint density at radius 2 is 1.77 bits per heavy atom. The molecule has 0 bridgehead atoms. The lowest BCUT2D eigenvalue weighted by molar-refractivity contribution is 0.186. The minimum absolute atomic E-state index is 0. The number of nitrogens with one attached hydrogen (secondary N) is 2. The fourth-order valence-corrected chi connectivity index (χ4v) is 2.69. The highest BCUT2D eigenvalue weighted by Gasteiger charge is 2.11. The van der Waals surface area contributed by atoms with E-state index in [1.54, 1.807) is 14.2 Å². The van der Waals surface area contributed by atoms with Crippen LogP contribution in [0.25, 0.3) is 0 Å². The van der Waals surface area contributed by atoms with Gasteiger partial charge in [0.2, 0.25) is 0 Å². The molecule has 2 aromatic carbocycles. The number of aliphatic imine (C=N–C) groups is 1. The molecule has 2 unspecified atom stereocenters. The monoisotopic (exact) mass is 529 g/mol. The Balaban J connectivity index is 0.00000450. The molecule has 2 atom stereocenters. The minimum atomic E-state index is -0.720. The van der Waals surface area contributed by atoms with Crippen LogP contribution in [-0.4, -0.2) is 51.0 Å². The van der Waals surface area contributed by atoms with E-state index < -0.39 is 6.10 Å². The number of methoxy groups -OCH3 is 2. The molecule has 30 heavy (non-hydrogen) atoms. The number of rotatable bonds is 10. The smallest absolute Gasteiger partial charge is 0.191 e. The molecule has 7 nitrogen and oxygen atoms in total. The molecule has 2 rings (SSSR count). The molecule has 0 saturated carbocycles. The van der Waals surface area contributed by atoms with Crippen molar-refractivity contribution in [2.75, 3.05) is 33.9 Å². The molecule has 8 heteroatoms. The fourth-order valence-electron chi connectivity index (χ4n) is 2.69. The quantitative estimate of drug-likeness (QED) is 0.249. The third-order valence-corrected chi connectivity index (χ3v) is 4.20. The Labute approximate surface area is 195 Å². The van der Waals surface area contributed by atoms with E-state index in [2.05, 4.69) is 15.6 Å². The summed E-state index contributed by atoms with van der Waals surface area (Å²) in [6.45, 7) is 5.44. The van der Waals surface area contributed by atoms with Crippen LogP contribution < -0.4 is 24.8 Å². The molecule has 166 valence electrons. The summed E-state index contributed by atoms with van der Waals surface area (Å²) < 4.78 is 16.5. The predicted molar refractivity (Wildman–Crippen MR) is 130 cm³/mol. The first-order chi connectivity index (χ1) is 14.1. The lowest BCUT2D eigenvalue weighted by Gasteiger charge is -2.19. The van der Waals surface area contributed by atoms with Crippen molar-refractivity contribution < 1.29 is 19.3 Å². The SMILES string of the molecule is CCNC(=NCC(O)c1cccc(OC)c1)NCC(C)Oc1ccccc1OC.I. The van der Waals surface area contributed by atoms with Crippen molar-refractivity contribution >= 4 is 29.9 Å². The summed E-state index contributed by atoms with van der Waals surface area (Å²) in [5.41, 5.74) is 0.761. The van der Waals surface area contributed by atoms with E-state index in [0.717, 1.165) is 5.56 Å². The topological polar surface area (TPSA) is 84.3 Å². The maximum Gasteiger partial charge on any atom is 0.191 e. The molecule has 0 heterocycles. The maximum atomic E-state index is 10.4. The molecule has 0 aliphatic rings. The number of benzene rings is 2. The number of hydrogen-bond donors (Lipinski definition) is 3. The molecule has 0 saturated heterocycles. The summed E-state index contributed by atoms with van der Waals surface area (Å²) >= 11 is 0. The number of guanidine groups is 1. The summed E-state index contributed by atoms with van der Waals surface area (Å²) in [6.07, 6.45) is -0.832. The largest absolute Gasteiger partial charge is 0.497 e. The summed E-state index contributed by atoms with van der Waals surface area (Å²) in [4.78, 5) is 4.48. The fraction of sp³-hybridized carbons (Fsp3) is 0.409. The van der Waals surface area contributed by atoms with Gasteiger partial charge in [-0.25, -0.2) is 0 Å². The Hall–Kier alpha value is -2.20. The minimum Gasteiger partial charge on any atom is -0.497 e. The number of hydrogen-bond acceptors (Lipinski definition) is 5. The van der Waals surface area contributed by atoms with Crippen molar-refractivity contribution in [2.24, 2.45) is 4.99 Å². The van der Waals surface area contributed by atoms with Gasteiger partial charge in [0, 0.05) is 6.54 Å². The summed E-state index contributed by atoms with van der Waals surface area (Å²) in [6, 6.07) is 14.9.